The second-order valence-corrected chi connectivity index (χ2v) is 20.3. The van der Waals surface area contributed by atoms with Crippen LogP contribution in [0.15, 0.2) is 0 Å². The molecule has 0 fully saturated rings. The number of esters is 3. The summed E-state index contributed by atoms with van der Waals surface area (Å²) in [5.74, 6) is 0.901. The zero-order chi connectivity index (χ0) is 46.1. The molecule has 0 bridgehead atoms. The lowest BCUT2D eigenvalue weighted by Crippen LogP contribution is -2.30. The number of carbonyl (C=O) groups is 3. The van der Waals surface area contributed by atoms with E-state index >= 15 is 0 Å². The van der Waals surface area contributed by atoms with E-state index in [0.717, 1.165) is 76.0 Å². The Bertz CT molecular complexity index is 964. The largest absolute Gasteiger partial charge is 0.462 e. The minimum absolute atomic E-state index is 0.0640. The fraction of sp³-hybridized carbons (Fsp3) is 0.947. The minimum Gasteiger partial charge on any atom is -0.462 e. The van der Waals surface area contributed by atoms with Gasteiger partial charge in [0.05, 0.1) is 0 Å². The maximum absolute atomic E-state index is 12.8. The molecule has 6 heteroatoms. The Balaban J connectivity index is 4.04. The van der Waals surface area contributed by atoms with E-state index in [4.69, 9.17) is 14.2 Å². The first-order valence-corrected chi connectivity index (χ1v) is 28.3. The zero-order valence-corrected chi connectivity index (χ0v) is 43.2. The molecule has 374 valence electrons. The van der Waals surface area contributed by atoms with Gasteiger partial charge in [0.15, 0.2) is 6.10 Å². The molecule has 0 N–H and O–H groups in total. The lowest BCUT2D eigenvalue weighted by atomic mass is 9.99. The molecule has 0 aliphatic heterocycles. The molecule has 6 nitrogen and oxygen atoms in total. The highest BCUT2D eigenvalue weighted by molar-refractivity contribution is 5.71. The Morgan fingerprint density at radius 3 is 0.905 bits per heavy atom. The van der Waals surface area contributed by atoms with Gasteiger partial charge in [0.1, 0.15) is 13.2 Å². The molecule has 0 radical (unpaired) electrons. The Hall–Kier alpha value is -1.59. The third kappa shape index (κ3) is 49.7. The number of rotatable bonds is 51. The van der Waals surface area contributed by atoms with Gasteiger partial charge in [0, 0.05) is 19.3 Å². The van der Waals surface area contributed by atoms with E-state index in [1.807, 2.05) is 0 Å². The van der Waals surface area contributed by atoms with Crippen molar-refractivity contribution in [3.63, 3.8) is 0 Å². The van der Waals surface area contributed by atoms with Gasteiger partial charge in [-0.05, 0) is 31.1 Å². The van der Waals surface area contributed by atoms with E-state index in [-0.39, 0.29) is 31.1 Å². The maximum Gasteiger partial charge on any atom is 0.306 e. The van der Waals surface area contributed by atoms with Gasteiger partial charge in [0.2, 0.25) is 0 Å². The van der Waals surface area contributed by atoms with Crippen LogP contribution < -0.4 is 0 Å². The number of carbonyl (C=O) groups excluding carboxylic acids is 3. The number of hydrogen-bond acceptors (Lipinski definition) is 6. The highest BCUT2D eigenvalue weighted by Gasteiger charge is 2.19. The number of hydrogen-bond donors (Lipinski definition) is 0. The summed E-state index contributed by atoms with van der Waals surface area (Å²) in [4.78, 5) is 37.8. The molecule has 0 aliphatic rings. The first kappa shape index (κ1) is 61.4. The van der Waals surface area contributed by atoms with Crippen LogP contribution in [0.1, 0.15) is 317 Å². The van der Waals surface area contributed by atoms with E-state index in [1.54, 1.807) is 0 Å². The van der Waals surface area contributed by atoms with E-state index in [2.05, 4.69) is 34.6 Å². The van der Waals surface area contributed by atoms with Crippen LogP contribution in [0.2, 0.25) is 0 Å². The van der Waals surface area contributed by atoms with Gasteiger partial charge in [-0.3, -0.25) is 14.4 Å². The lowest BCUT2D eigenvalue weighted by molar-refractivity contribution is -0.167. The fourth-order valence-electron chi connectivity index (χ4n) is 8.66. The van der Waals surface area contributed by atoms with Crippen LogP contribution in [0.5, 0.6) is 0 Å². The van der Waals surface area contributed by atoms with Crippen molar-refractivity contribution in [2.75, 3.05) is 13.2 Å². The molecule has 1 unspecified atom stereocenters. The van der Waals surface area contributed by atoms with Crippen molar-refractivity contribution in [3.8, 4) is 0 Å². The molecule has 63 heavy (non-hydrogen) atoms. The summed E-state index contributed by atoms with van der Waals surface area (Å²) >= 11 is 0. The van der Waals surface area contributed by atoms with Gasteiger partial charge in [0.25, 0.3) is 0 Å². The Morgan fingerprint density at radius 2 is 0.603 bits per heavy atom. The minimum atomic E-state index is -0.760. The zero-order valence-electron chi connectivity index (χ0n) is 43.2. The second-order valence-electron chi connectivity index (χ2n) is 20.3. The van der Waals surface area contributed by atoms with Crippen molar-refractivity contribution in [2.45, 2.75) is 323 Å². The van der Waals surface area contributed by atoms with Crippen molar-refractivity contribution in [1.29, 1.82) is 0 Å². The van der Waals surface area contributed by atoms with E-state index in [1.165, 1.54) is 199 Å². The summed E-state index contributed by atoms with van der Waals surface area (Å²) in [6.45, 7) is 11.4. The molecular weight excluding hydrogens is 781 g/mol. The normalized spacial score (nSPS) is 12.5. The summed E-state index contributed by atoms with van der Waals surface area (Å²) in [6, 6.07) is 0. The molecule has 0 aliphatic carbocycles. The van der Waals surface area contributed by atoms with Crippen molar-refractivity contribution in [3.05, 3.63) is 0 Å². The summed E-state index contributed by atoms with van der Waals surface area (Å²) in [7, 11) is 0. The molecule has 0 aromatic heterocycles. The summed E-state index contributed by atoms with van der Waals surface area (Å²) in [5, 5.41) is 0. The maximum atomic E-state index is 12.8. The second kappa shape index (κ2) is 49.8. The van der Waals surface area contributed by atoms with E-state index in [9.17, 15) is 14.4 Å². The third-order valence-corrected chi connectivity index (χ3v) is 13.3. The van der Waals surface area contributed by atoms with Gasteiger partial charge < -0.3 is 14.2 Å². The lowest BCUT2D eigenvalue weighted by Gasteiger charge is -2.18. The van der Waals surface area contributed by atoms with Crippen LogP contribution >= 0.6 is 0 Å². The highest BCUT2D eigenvalue weighted by atomic mass is 16.6. The van der Waals surface area contributed by atoms with Crippen LogP contribution in [-0.4, -0.2) is 37.2 Å². The van der Waals surface area contributed by atoms with E-state index < -0.39 is 6.10 Å². The number of ether oxygens (including phenoxy) is 3. The monoisotopic (exact) mass is 891 g/mol. The van der Waals surface area contributed by atoms with Crippen LogP contribution in [0, 0.1) is 11.8 Å². The molecule has 0 saturated carbocycles. The molecule has 0 spiro atoms. The van der Waals surface area contributed by atoms with Crippen LogP contribution in [0.3, 0.4) is 0 Å². The molecule has 0 aromatic rings. The number of unbranched alkanes of at least 4 members (excludes halogenated alkanes) is 35. The standard InChI is InChI=1S/C57H110O6/c1-6-8-9-35-42-47-55(58)61-50-54(63-57(60)49-44-39-34-30-26-22-18-14-15-19-23-27-31-36-40-45-52(3)4)51-62-56(59)48-43-38-33-29-25-21-17-13-11-10-12-16-20-24-28-32-37-41-46-53(5)7-2/h52-54H,6-51H2,1-5H3/t53?,54-/m0/s1. The third-order valence-electron chi connectivity index (χ3n) is 13.3. The molecule has 0 saturated heterocycles. The smallest absolute Gasteiger partial charge is 0.306 e. The average Bonchev–Trinajstić information content (AvgIpc) is 3.27. The summed E-state index contributed by atoms with van der Waals surface area (Å²) in [6.07, 6.45) is 52.7. The van der Waals surface area contributed by atoms with E-state index in [0.29, 0.717) is 19.3 Å². The quantitative estimate of drug-likeness (QED) is 0.0344. The summed E-state index contributed by atoms with van der Waals surface area (Å²) < 4.78 is 16.7. The molecule has 0 amide bonds. The summed E-state index contributed by atoms with van der Waals surface area (Å²) in [5.41, 5.74) is 0. The molecule has 0 heterocycles. The van der Waals surface area contributed by atoms with Crippen molar-refractivity contribution in [2.24, 2.45) is 11.8 Å². The van der Waals surface area contributed by atoms with Crippen molar-refractivity contribution >= 4 is 17.9 Å². The van der Waals surface area contributed by atoms with Crippen molar-refractivity contribution in [1.82, 2.24) is 0 Å². The molecular formula is C57H110O6. The van der Waals surface area contributed by atoms with Gasteiger partial charge in [-0.25, -0.2) is 0 Å². The molecule has 0 rings (SSSR count). The van der Waals surface area contributed by atoms with Crippen LogP contribution in [0.4, 0.5) is 0 Å². The van der Waals surface area contributed by atoms with Crippen molar-refractivity contribution < 1.29 is 28.6 Å². The van der Waals surface area contributed by atoms with Gasteiger partial charge in [-0.1, -0.05) is 279 Å². The van der Waals surface area contributed by atoms with Crippen LogP contribution in [0.25, 0.3) is 0 Å². The highest BCUT2D eigenvalue weighted by Crippen LogP contribution is 2.19. The Kier molecular flexibility index (Phi) is 48.6. The van der Waals surface area contributed by atoms with Gasteiger partial charge in [-0.15, -0.1) is 0 Å². The first-order chi connectivity index (χ1) is 30.8. The Labute approximate surface area is 393 Å². The Morgan fingerprint density at radius 1 is 0.333 bits per heavy atom. The molecule has 0 aromatic carbocycles. The SMILES string of the molecule is CCCCCCCC(=O)OC[C@@H](COC(=O)CCCCCCCCCCCCCCCCCCCCC(C)CC)OC(=O)CCCCCCCCCCCCCCCCCC(C)C. The topological polar surface area (TPSA) is 78.9 Å². The molecule has 2 atom stereocenters. The van der Waals surface area contributed by atoms with Gasteiger partial charge >= 0.3 is 17.9 Å². The predicted molar refractivity (Wildman–Crippen MR) is 270 cm³/mol. The average molecular weight is 892 g/mol. The van der Waals surface area contributed by atoms with Crippen LogP contribution in [-0.2, 0) is 28.6 Å². The van der Waals surface area contributed by atoms with Gasteiger partial charge in [-0.2, -0.15) is 0 Å². The first-order valence-electron chi connectivity index (χ1n) is 28.3. The predicted octanol–water partition coefficient (Wildman–Crippen LogP) is 18.5. The fourth-order valence-corrected chi connectivity index (χ4v) is 8.66.